The molecule has 0 unspecified atom stereocenters. The van der Waals surface area contributed by atoms with E-state index in [1.807, 2.05) is 17.9 Å². The highest BCUT2D eigenvalue weighted by molar-refractivity contribution is 5.74. The SMILES string of the molecule is CCN(CC(C)C)C(=O)NCCCN(CC)c1ccccc1. The lowest BCUT2D eigenvalue weighted by Gasteiger charge is -2.25. The number of hydrogen-bond acceptors (Lipinski definition) is 2. The number of nitrogens with zero attached hydrogens (tertiary/aromatic N) is 2. The van der Waals surface area contributed by atoms with Gasteiger partial charge in [0.25, 0.3) is 0 Å². The standard InChI is InChI=1S/C18H31N3O/c1-5-20(17-11-8-7-9-12-17)14-10-13-19-18(22)21(6-2)15-16(3)4/h7-9,11-12,16H,5-6,10,13-15H2,1-4H3,(H,19,22). The molecule has 0 aromatic heterocycles. The van der Waals surface area contributed by atoms with E-state index >= 15 is 0 Å². The summed E-state index contributed by atoms with van der Waals surface area (Å²) in [5.41, 5.74) is 1.24. The zero-order chi connectivity index (χ0) is 16.4. The molecule has 4 heteroatoms. The molecule has 1 rings (SSSR count). The molecule has 0 aliphatic heterocycles. The summed E-state index contributed by atoms with van der Waals surface area (Å²) in [5, 5.41) is 3.03. The number of hydrogen-bond donors (Lipinski definition) is 1. The van der Waals surface area contributed by atoms with Crippen molar-refractivity contribution in [2.75, 3.05) is 37.6 Å². The van der Waals surface area contributed by atoms with Gasteiger partial charge in [-0.3, -0.25) is 0 Å². The third kappa shape index (κ3) is 6.37. The molecule has 0 bridgehead atoms. The molecule has 124 valence electrons. The molecule has 0 fully saturated rings. The fourth-order valence-electron chi connectivity index (χ4n) is 2.48. The van der Waals surface area contributed by atoms with Gasteiger partial charge in [0.05, 0.1) is 0 Å². The Morgan fingerprint density at radius 1 is 1.14 bits per heavy atom. The van der Waals surface area contributed by atoms with Gasteiger partial charge in [0, 0.05) is 38.4 Å². The van der Waals surface area contributed by atoms with E-state index in [4.69, 9.17) is 0 Å². The lowest BCUT2D eigenvalue weighted by Crippen LogP contribution is -2.42. The minimum Gasteiger partial charge on any atom is -0.372 e. The summed E-state index contributed by atoms with van der Waals surface area (Å²) in [4.78, 5) is 16.3. The van der Waals surface area contributed by atoms with E-state index < -0.39 is 0 Å². The molecule has 1 N–H and O–H groups in total. The van der Waals surface area contributed by atoms with Crippen LogP contribution >= 0.6 is 0 Å². The number of carbonyl (C=O) groups is 1. The molecule has 0 aliphatic carbocycles. The number of nitrogens with one attached hydrogen (secondary N) is 1. The van der Waals surface area contributed by atoms with Crippen molar-refractivity contribution in [1.82, 2.24) is 10.2 Å². The predicted octanol–water partition coefficient (Wildman–Crippen LogP) is 3.59. The average Bonchev–Trinajstić information content (AvgIpc) is 2.53. The van der Waals surface area contributed by atoms with E-state index in [2.05, 4.69) is 55.3 Å². The molecule has 1 aromatic carbocycles. The van der Waals surface area contributed by atoms with Crippen LogP contribution in [0, 0.1) is 5.92 Å². The van der Waals surface area contributed by atoms with Crippen LogP contribution in [0.3, 0.4) is 0 Å². The van der Waals surface area contributed by atoms with E-state index in [1.54, 1.807) is 0 Å². The van der Waals surface area contributed by atoms with Crippen LogP contribution < -0.4 is 10.2 Å². The average molecular weight is 305 g/mol. The van der Waals surface area contributed by atoms with Crippen molar-refractivity contribution in [2.24, 2.45) is 5.92 Å². The minimum atomic E-state index is 0.0546. The molecule has 0 saturated carbocycles. The summed E-state index contributed by atoms with van der Waals surface area (Å²) in [7, 11) is 0. The zero-order valence-electron chi connectivity index (χ0n) is 14.5. The first kappa shape index (κ1) is 18.3. The number of para-hydroxylation sites is 1. The van der Waals surface area contributed by atoms with Crippen LogP contribution in [0.4, 0.5) is 10.5 Å². The highest BCUT2D eigenvalue weighted by atomic mass is 16.2. The summed E-state index contributed by atoms with van der Waals surface area (Å²) in [6.07, 6.45) is 0.952. The topological polar surface area (TPSA) is 35.6 Å². The Hall–Kier alpha value is -1.71. The van der Waals surface area contributed by atoms with Crippen molar-refractivity contribution in [3.63, 3.8) is 0 Å². The second kappa shape index (κ2) is 10.1. The molecular formula is C18H31N3O. The summed E-state index contributed by atoms with van der Waals surface area (Å²) in [6, 6.07) is 10.5. The van der Waals surface area contributed by atoms with Crippen LogP contribution in [0.2, 0.25) is 0 Å². The molecule has 22 heavy (non-hydrogen) atoms. The smallest absolute Gasteiger partial charge is 0.317 e. The fraction of sp³-hybridized carbons (Fsp3) is 0.611. The Morgan fingerprint density at radius 3 is 2.36 bits per heavy atom. The Morgan fingerprint density at radius 2 is 1.82 bits per heavy atom. The van der Waals surface area contributed by atoms with Crippen LogP contribution in [0.1, 0.15) is 34.1 Å². The van der Waals surface area contributed by atoms with Crippen molar-refractivity contribution in [3.8, 4) is 0 Å². The summed E-state index contributed by atoms with van der Waals surface area (Å²) < 4.78 is 0. The van der Waals surface area contributed by atoms with Crippen LogP contribution in [0.5, 0.6) is 0 Å². The van der Waals surface area contributed by atoms with Gasteiger partial charge in [-0.2, -0.15) is 0 Å². The van der Waals surface area contributed by atoms with Gasteiger partial charge < -0.3 is 15.1 Å². The van der Waals surface area contributed by atoms with Crippen LogP contribution in [0.15, 0.2) is 30.3 Å². The monoisotopic (exact) mass is 305 g/mol. The lowest BCUT2D eigenvalue weighted by atomic mass is 10.2. The van der Waals surface area contributed by atoms with Crippen molar-refractivity contribution in [2.45, 2.75) is 34.1 Å². The first-order valence-corrected chi connectivity index (χ1v) is 8.41. The number of rotatable bonds is 9. The van der Waals surface area contributed by atoms with Crippen LogP contribution in [-0.2, 0) is 0 Å². The van der Waals surface area contributed by atoms with Gasteiger partial charge in [-0.25, -0.2) is 4.79 Å². The molecule has 0 aliphatic rings. The highest BCUT2D eigenvalue weighted by Gasteiger charge is 2.12. The van der Waals surface area contributed by atoms with Gasteiger partial charge in [0.2, 0.25) is 0 Å². The molecule has 2 amide bonds. The number of carbonyl (C=O) groups excluding carboxylic acids is 1. The molecule has 1 aromatic rings. The molecule has 0 heterocycles. The van der Waals surface area contributed by atoms with Crippen molar-refractivity contribution >= 4 is 11.7 Å². The number of amides is 2. The second-order valence-electron chi connectivity index (χ2n) is 5.93. The van der Waals surface area contributed by atoms with E-state index in [1.165, 1.54) is 5.69 Å². The molecule has 0 spiro atoms. The quantitative estimate of drug-likeness (QED) is 0.708. The zero-order valence-corrected chi connectivity index (χ0v) is 14.5. The van der Waals surface area contributed by atoms with Gasteiger partial charge in [-0.15, -0.1) is 0 Å². The molecule has 0 radical (unpaired) electrons. The van der Waals surface area contributed by atoms with Crippen LogP contribution in [-0.4, -0.2) is 43.7 Å². The van der Waals surface area contributed by atoms with Crippen molar-refractivity contribution in [3.05, 3.63) is 30.3 Å². The highest BCUT2D eigenvalue weighted by Crippen LogP contribution is 2.12. The Balaban J connectivity index is 2.33. The predicted molar refractivity (Wildman–Crippen MR) is 94.4 cm³/mol. The molecule has 0 saturated heterocycles. The van der Waals surface area contributed by atoms with Gasteiger partial charge in [-0.1, -0.05) is 32.0 Å². The van der Waals surface area contributed by atoms with Gasteiger partial charge in [-0.05, 0) is 38.3 Å². The van der Waals surface area contributed by atoms with E-state index in [0.29, 0.717) is 5.92 Å². The second-order valence-corrected chi connectivity index (χ2v) is 5.93. The number of urea groups is 1. The Bertz CT molecular complexity index is 420. The number of anilines is 1. The third-order valence-corrected chi connectivity index (χ3v) is 3.64. The number of benzene rings is 1. The Kier molecular flexibility index (Phi) is 8.41. The van der Waals surface area contributed by atoms with E-state index in [0.717, 1.165) is 39.1 Å². The fourth-order valence-corrected chi connectivity index (χ4v) is 2.48. The maximum absolute atomic E-state index is 12.1. The van der Waals surface area contributed by atoms with Crippen LogP contribution in [0.25, 0.3) is 0 Å². The van der Waals surface area contributed by atoms with Crippen molar-refractivity contribution < 1.29 is 4.79 Å². The minimum absolute atomic E-state index is 0.0546. The first-order chi connectivity index (χ1) is 10.6. The molecule has 4 nitrogen and oxygen atoms in total. The maximum atomic E-state index is 12.1. The summed E-state index contributed by atoms with van der Waals surface area (Å²) in [6.45, 7) is 12.7. The Labute approximate surface area is 135 Å². The third-order valence-electron chi connectivity index (χ3n) is 3.64. The van der Waals surface area contributed by atoms with E-state index in [-0.39, 0.29) is 6.03 Å². The molecular weight excluding hydrogens is 274 g/mol. The maximum Gasteiger partial charge on any atom is 0.317 e. The van der Waals surface area contributed by atoms with Gasteiger partial charge in [0.1, 0.15) is 0 Å². The normalized spacial score (nSPS) is 10.6. The summed E-state index contributed by atoms with van der Waals surface area (Å²) in [5.74, 6) is 0.499. The van der Waals surface area contributed by atoms with Gasteiger partial charge >= 0.3 is 6.03 Å². The summed E-state index contributed by atoms with van der Waals surface area (Å²) >= 11 is 0. The lowest BCUT2D eigenvalue weighted by molar-refractivity contribution is 0.194. The van der Waals surface area contributed by atoms with Crippen molar-refractivity contribution in [1.29, 1.82) is 0 Å². The van der Waals surface area contributed by atoms with Gasteiger partial charge in [0.15, 0.2) is 0 Å². The van der Waals surface area contributed by atoms with E-state index in [9.17, 15) is 4.79 Å². The molecule has 0 atom stereocenters. The first-order valence-electron chi connectivity index (χ1n) is 8.41. The largest absolute Gasteiger partial charge is 0.372 e.